The van der Waals surface area contributed by atoms with Crippen LogP contribution >= 0.6 is 11.8 Å². The van der Waals surface area contributed by atoms with Crippen LogP contribution < -0.4 is 0 Å². The number of carbonyl (C=O) groups excluding carboxylic acids is 1. The van der Waals surface area contributed by atoms with Crippen molar-refractivity contribution in [2.24, 2.45) is 0 Å². The van der Waals surface area contributed by atoms with Crippen LogP contribution in [0.15, 0.2) is 21.7 Å². The molecule has 3 heterocycles. The summed E-state index contributed by atoms with van der Waals surface area (Å²) in [6, 6.07) is 3.62. The predicted molar refractivity (Wildman–Crippen MR) is 76.5 cm³/mol. The molecule has 0 spiro atoms. The number of carbonyl (C=O) groups is 1. The maximum Gasteiger partial charge on any atom is 0.373 e. The first-order valence-corrected chi connectivity index (χ1v) is 7.92. The second-order valence-electron chi connectivity index (χ2n) is 4.80. The highest BCUT2D eigenvalue weighted by Crippen LogP contribution is 2.27. The fourth-order valence-electron chi connectivity index (χ4n) is 2.24. The fraction of sp³-hybridized carbons (Fsp3) is 0.538. The molecule has 0 aliphatic carbocycles. The number of hydrogen-bond donors (Lipinski definition) is 0. The fourth-order valence-corrected chi connectivity index (χ4v) is 3.08. The Kier molecular flexibility index (Phi) is 4.74. The van der Waals surface area contributed by atoms with E-state index < -0.39 is 5.97 Å². The van der Waals surface area contributed by atoms with Crippen molar-refractivity contribution in [3.05, 3.63) is 23.7 Å². The molecule has 2 aromatic rings. The van der Waals surface area contributed by atoms with E-state index in [2.05, 4.69) is 20.3 Å². The smallest absolute Gasteiger partial charge is 0.373 e. The molecule has 3 rings (SSSR count). The minimum absolute atomic E-state index is 0.196. The van der Waals surface area contributed by atoms with E-state index in [-0.39, 0.29) is 11.8 Å². The zero-order chi connectivity index (χ0) is 15.4. The van der Waals surface area contributed by atoms with Gasteiger partial charge < -0.3 is 13.9 Å². The Bertz CT molecular complexity index is 636. The summed E-state index contributed by atoms with van der Waals surface area (Å²) in [5, 5.41) is 12.6. The molecular formula is C13H16N4O4S. The molecule has 0 saturated carbocycles. The van der Waals surface area contributed by atoms with Gasteiger partial charge in [-0.15, -0.1) is 5.10 Å². The van der Waals surface area contributed by atoms with Crippen LogP contribution in [0.4, 0.5) is 0 Å². The molecule has 1 aliphatic heterocycles. The van der Waals surface area contributed by atoms with E-state index in [4.69, 9.17) is 9.15 Å². The standard InChI is InChI=1S/C13H16N4O4S/c1-19-12(18)11-3-2-10(21-11)8-22-13-14-15-16-17(13)9-4-6-20-7-5-9/h2-3,9H,4-8H2,1H3. The molecule has 22 heavy (non-hydrogen) atoms. The number of hydrogen-bond acceptors (Lipinski definition) is 8. The average molecular weight is 324 g/mol. The molecule has 1 fully saturated rings. The third-order valence-corrected chi connectivity index (χ3v) is 4.35. The Balaban J connectivity index is 1.63. The quantitative estimate of drug-likeness (QED) is 0.606. The van der Waals surface area contributed by atoms with E-state index >= 15 is 0 Å². The Morgan fingerprint density at radius 3 is 3.05 bits per heavy atom. The minimum atomic E-state index is -0.483. The summed E-state index contributed by atoms with van der Waals surface area (Å²) in [7, 11) is 1.32. The van der Waals surface area contributed by atoms with Crippen molar-refractivity contribution in [3.8, 4) is 0 Å². The molecule has 0 unspecified atom stereocenters. The predicted octanol–water partition coefficient (Wildman–Crippen LogP) is 1.70. The number of esters is 1. The number of tetrazole rings is 1. The maximum atomic E-state index is 11.3. The molecule has 0 bridgehead atoms. The number of methoxy groups -OCH3 is 1. The van der Waals surface area contributed by atoms with Crippen LogP contribution in [0.5, 0.6) is 0 Å². The van der Waals surface area contributed by atoms with Gasteiger partial charge >= 0.3 is 5.97 Å². The Labute approximate surface area is 131 Å². The summed E-state index contributed by atoms with van der Waals surface area (Å²) in [6.07, 6.45) is 1.82. The molecule has 8 nitrogen and oxygen atoms in total. The summed E-state index contributed by atoms with van der Waals surface area (Å²) in [4.78, 5) is 11.3. The summed E-state index contributed by atoms with van der Waals surface area (Å²) in [6.45, 7) is 1.46. The monoisotopic (exact) mass is 324 g/mol. The van der Waals surface area contributed by atoms with Crippen LogP contribution in [-0.2, 0) is 15.2 Å². The molecule has 118 valence electrons. The number of ether oxygens (including phenoxy) is 2. The van der Waals surface area contributed by atoms with E-state index in [1.807, 2.05) is 4.68 Å². The highest BCUT2D eigenvalue weighted by Gasteiger charge is 2.21. The SMILES string of the molecule is COC(=O)c1ccc(CSc2nnnn2C2CCOCC2)o1. The van der Waals surface area contributed by atoms with Gasteiger partial charge in [0.05, 0.1) is 18.9 Å². The first kappa shape index (κ1) is 15.0. The lowest BCUT2D eigenvalue weighted by Crippen LogP contribution is -2.21. The number of aromatic nitrogens is 4. The third-order valence-electron chi connectivity index (χ3n) is 3.39. The molecule has 0 N–H and O–H groups in total. The maximum absolute atomic E-state index is 11.3. The molecule has 0 aromatic carbocycles. The summed E-state index contributed by atoms with van der Waals surface area (Å²) >= 11 is 1.47. The normalized spacial score (nSPS) is 15.9. The first-order chi connectivity index (χ1) is 10.8. The summed E-state index contributed by atoms with van der Waals surface area (Å²) in [5.74, 6) is 0.929. The van der Waals surface area contributed by atoms with E-state index in [9.17, 15) is 4.79 Å². The minimum Gasteiger partial charge on any atom is -0.463 e. The molecule has 1 saturated heterocycles. The average Bonchev–Trinajstić information content (AvgIpc) is 3.22. The first-order valence-electron chi connectivity index (χ1n) is 6.93. The summed E-state index contributed by atoms with van der Waals surface area (Å²) < 4.78 is 17.2. The van der Waals surface area contributed by atoms with Crippen molar-refractivity contribution in [1.82, 2.24) is 20.2 Å². The number of furan rings is 1. The van der Waals surface area contributed by atoms with Crippen molar-refractivity contribution in [2.45, 2.75) is 29.8 Å². The topological polar surface area (TPSA) is 92.3 Å². The van der Waals surface area contributed by atoms with Gasteiger partial charge in [-0.25, -0.2) is 9.48 Å². The lowest BCUT2D eigenvalue weighted by atomic mass is 10.1. The van der Waals surface area contributed by atoms with Gasteiger partial charge in [0.15, 0.2) is 0 Å². The highest BCUT2D eigenvalue weighted by molar-refractivity contribution is 7.98. The number of thioether (sulfide) groups is 1. The molecule has 0 radical (unpaired) electrons. The van der Waals surface area contributed by atoms with Crippen molar-refractivity contribution in [2.75, 3.05) is 20.3 Å². The van der Waals surface area contributed by atoms with Crippen molar-refractivity contribution in [1.29, 1.82) is 0 Å². The van der Waals surface area contributed by atoms with Crippen molar-refractivity contribution in [3.63, 3.8) is 0 Å². The molecule has 2 aromatic heterocycles. The van der Waals surface area contributed by atoms with Crippen LogP contribution in [0.3, 0.4) is 0 Å². The number of rotatable bonds is 5. The van der Waals surface area contributed by atoms with Gasteiger partial charge in [0.1, 0.15) is 5.76 Å². The Morgan fingerprint density at radius 1 is 1.45 bits per heavy atom. The van der Waals surface area contributed by atoms with E-state index in [1.165, 1.54) is 18.9 Å². The largest absolute Gasteiger partial charge is 0.463 e. The molecule has 0 atom stereocenters. The van der Waals surface area contributed by atoms with Gasteiger partial charge in [0, 0.05) is 13.2 Å². The van der Waals surface area contributed by atoms with Crippen molar-refractivity contribution < 1.29 is 18.7 Å². The van der Waals surface area contributed by atoms with Gasteiger partial charge in [0.2, 0.25) is 10.9 Å². The van der Waals surface area contributed by atoms with Gasteiger partial charge in [0.25, 0.3) is 0 Å². The molecular weight excluding hydrogens is 308 g/mol. The van der Waals surface area contributed by atoms with Gasteiger partial charge in [-0.1, -0.05) is 11.8 Å². The molecule has 0 amide bonds. The van der Waals surface area contributed by atoms with Crippen molar-refractivity contribution >= 4 is 17.7 Å². The Morgan fingerprint density at radius 2 is 2.27 bits per heavy atom. The van der Waals surface area contributed by atoms with Crippen LogP contribution in [0.1, 0.15) is 35.2 Å². The molecule has 1 aliphatic rings. The van der Waals surface area contributed by atoms with Gasteiger partial charge in [-0.3, -0.25) is 0 Å². The zero-order valence-electron chi connectivity index (χ0n) is 12.1. The van der Waals surface area contributed by atoms with Gasteiger partial charge in [-0.05, 0) is 35.4 Å². The zero-order valence-corrected chi connectivity index (χ0v) is 12.9. The van der Waals surface area contributed by atoms with Crippen LogP contribution in [-0.4, -0.2) is 46.5 Å². The van der Waals surface area contributed by atoms with Gasteiger partial charge in [-0.2, -0.15) is 0 Å². The Hall–Kier alpha value is -1.87. The van der Waals surface area contributed by atoms with Crippen LogP contribution in [0.2, 0.25) is 0 Å². The molecule has 9 heteroatoms. The highest BCUT2D eigenvalue weighted by atomic mass is 32.2. The second-order valence-corrected chi connectivity index (χ2v) is 5.74. The van der Waals surface area contributed by atoms with E-state index in [1.54, 1.807) is 12.1 Å². The second kappa shape index (κ2) is 6.93. The summed E-state index contributed by atoms with van der Waals surface area (Å²) in [5.41, 5.74) is 0. The van der Waals surface area contributed by atoms with Crippen LogP contribution in [0, 0.1) is 0 Å². The van der Waals surface area contributed by atoms with E-state index in [0.29, 0.717) is 11.5 Å². The number of nitrogens with zero attached hydrogens (tertiary/aromatic N) is 4. The lowest BCUT2D eigenvalue weighted by molar-refractivity contribution is 0.0563. The lowest BCUT2D eigenvalue weighted by Gasteiger charge is -2.22. The van der Waals surface area contributed by atoms with E-state index in [0.717, 1.165) is 31.2 Å². The van der Waals surface area contributed by atoms with Crippen LogP contribution in [0.25, 0.3) is 0 Å². The third kappa shape index (κ3) is 3.30.